The Hall–Kier alpha value is -1.84. The number of carbonyl (C=O) groups is 1. The average Bonchev–Trinajstić information content (AvgIpc) is 2.95. The van der Waals surface area contributed by atoms with Crippen molar-refractivity contribution in [2.24, 2.45) is 5.92 Å². The fourth-order valence-corrected chi connectivity index (χ4v) is 3.53. The smallest absolute Gasteiger partial charge is 0.333 e. The van der Waals surface area contributed by atoms with E-state index in [2.05, 4.69) is 0 Å². The summed E-state index contributed by atoms with van der Waals surface area (Å²) in [6, 6.07) is -0.995. The van der Waals surface area contributed by atoms with Crippen LogP contribution in [0.2, 0.25) is 0 Å². The van der Waals surface area contributed by atoms with Crippen LogP contribution >= 0.6 is 0 Å². The summed E-state index contributed by atoms with van der Waals surface area (Å²) in [6.07, 6.45) is -1.02. The van der Waals surface area contributed by atoms with Gasteiger partial charge in [0.15, 0.2) is 5.78 Å². The van der Waals surface area contributed by atoms with Gasteiger partial charge in [-0.25, -0.2) is 9.36 Å². The lowest BCUT2D eigenvalue weighted by atomic mass is 9.86. The van der Waals surface area contributed by atoms with Gasteiger partial charge in [0.2, 0.25) is 5.82 Å². The summed E-state index contributed by atoms with van der Waals surface area (Å²) in [5.41, 5.74) is -1.99. The normalized spacial score (nSPS) is 33.0. The number of halogens is 1. The molecule has 0 spiro atoms. The van der Waals surface area contributed by atoms with Crippen LogP contribution in [0.3, 0.4) is 0 Å². The maximum absolute atomic E-state index is 14.2. The van der Waals surface area contributed by atoms with Gasteiger partial charge in [-0.2, -0.15) is 4.39 Å². The predicted octanol–water partition coefficient (Wildman–Crippen LogP) is -0.280. The van der Waals surface area contributed by atoms with E-state index in [4.69, 9.17) is 9.84 Å². The Kier molecular flexibility index (Phi) is 4.90. The molecule has 138 valence electrons. The van der Waals surface area contributed by atoms with Gasteiger partial charge in [0.1, 0.15) is 18.4 Å². The van der Waals surface area contributed by atoms with Crippen molar-refractivity contribution in [2.45, 2.75) is 57.1 Å². The van der Waals surface area contributed by atoms with E-state index in [-0.39, 0.29) is 24.5 Å². The number of nitrogens with zero attached hydrogens (tertiary/aromatic N) is 2. The molecule has 9 heteroatoms. The highest BCUT2D eigenvalue weighted by atomic mass is 19.1. The summed E-state index contributed by atoms with van der Waals surface area (Å²) in [6.45, 7) is 1.46. The van der Waals surface area contributed by atoms with Gasteiger partial charge in [-0.1, -0.05) is 6.92 Å². The Bertz CT molecular complexity index is 788. The molecule has 1 aromatic heterocycles. The zero-order valence-corrected chi connectivity index (χ0v) is 13.8. The summed E-state index contributed by atoms with van der Waals surface area (Å²) in [5, 5.41) is 19.0. The average molecular weight is 356 g/mol. The molecule has 2 fully saturated rings. The van der Waals surface area contributed by atoms with Crippen LogP contribution in [0, 0.1) is 11.7 Å². The van der Waals surface area contributed by atoms with Crippen molar-refractivity contribution in [2.75, 3.05) is 6.61 Å². The zero-order valence-electron chi connectivity index (χ0n) is 13.8. The molecule has 2 N–H and O–H groups in total. The number of Topliss-reactive ketones (excluding diaryl/α,β-unsaturated/α-hetero) is 1. The van der Waals surface area contributed by atoms with E-state index < -0.39 is 48.2 Å². The van der Waals surface area contributed by atoms with Crippen molar-refractivity contribution in [1.29, 1.82) is 0 Å². The molecule has 2 unspecified atom stereocenters. The van der Waals surface area contributed by atoms with Crippen molar-refractivity contribution in [3.63, 3.8) is 0 Å². The van der Waals surface area contributed by atoms with Crippen molar-refractivity contribution in [1.82, 2.24) is 9.13 Å². The number of ether oxygens (including phenoxy) is 1. The number of aromatic nitrogens is 2. The first-order valence-electron chi connectivity index (χ1n) is 8.33. The minimum absolute atomic E-state index is 0.0300. The third-order valence-corrected chi connectivity index (χ3v) is 4.99. The molecule has 0 radical (unpaired) electrons. The second kappa shape index (κ2) is 6.81. The second-order valence-electron chi connectivity index (χ2n) is 6.82. The maximum Gasteiger partial charge on any atom is 0.333 e. The standard InChI is InChI=1S/C16H21FN2O6/c1-8-2-3-11(21)10(4-8)19-15(23)9(17)6-18(16(19)24)14-5-12(22)13(7-20)25-14/h6,8,10,12-14,20,22H,2-5,7H2,1H3/t8?,10?,12-,13+,14+/m0/s1. The summed E-state index contributed by atoms with van der Waals surface area (Å²) in [4.78, 5) is 37.2. The molecule has 1 aromatic rings. The van der Waals surface area contributed by atoms with E-state index in [0.29, 0.717) is 17.4 Å². The molecular weight excluding hydrogens is 335 g/mol. The Balaban J connectivity index is 2.06. The molecular formula is C16H21FN2O6. The van der Waals surface area contributed by atoms with Crippen LogP contribution < -0.4 is 11.2 Å². The predicted molar refractivity (Wildman–Crippen MR) is 83.6 cm³/mol. The van der Waals surface area contributed by atoms with Crippen LogP contribution in [0.15, 0.2) is 15.8 Å². The van der Waals surface area contributed by atoms with E-state index in [0.717, 1.165) is 10.8 Å². The minimum atomic E-state index is -1.17. The Morgan fingerprint density at radius 3 is 2.68 bits per heavy atom. The molecule has 1 aliphatic heterocycles. The van der Waals surface area contributed by atoms with Gasteiger partial charge in [-0.05, 0) is 18.8 Å². The first-order valence-corrected chi connectivity index (χ1v) is 8.33. The number of rotatable bonds is 3. The molecule has 0 amide bonds. The van der Waals surface area contributed by atoms with Crippen LogP contribution in [0.4, 0.5) is 4.39 Å². The van der Waals surface area contributed by atoms with Gasteiger partial charge in [-0.3, -0.25) is 14.2 Å². The van der Waals surface area contributed by atoms with Gasteiger partial charge < -0.3 is 14.9 Å². The van der Waals surface area contributed by atoms with E-state index >= 15 is 0 Å². The Morgan fingerprint density at radius 1 is 1.32 bits per heavy atom. The number of hydrogen-bond acceptors (Lipinski definition) is 6. The van der Waals surface area contributed by atoms with Crippen LogP contribution in [-0.4, -0.2) is 43.9 Å². The fraction of sp³-hybridized carbons (Fsp3) is 0.688. The lowest BCUT2D eigenvalue weighted by Crippen LogP contribution is -2.47. The summed E-state index contributed by atoms with van der Waals surface area (Å²) in [5.74, 6) is -1.31. The summed E-state index contributed by atoms with van der Waals surface area (Å²) < 4.78 is 21.1. The number of aliphatic hydroxyl groups excluding tert-OH is 2. The first kappa shape index (κ1) is 18.0. The highest BCUT2D eigenvalue weighted by molar-refractivity contribution is 5.83. The first-order chi connectivity index (χ1) is 11.8. The molecule has 1 saturated carbocycles. The highest BCUT2D eigenvalue weighted by Crippen LogP contribution is 2.29. The molecule has 1 aliphatic carbocycles. The quantitative estimate of drug-likeness (QED) is 0.771. The van der Waals surface area contributed by atoms with Crippen LogP contribution in [0.5, 0.6) is 0 Å². The molecule has 0 aromatic carbocycles. The van der Waals surface area contributed by atoms with Crippen LogP contribution in [-0.2, 0) is 9.53 Å². The number of carbonyl (C=O) groups excluding carboxylic acids is 1. The van der Waals surface area contributed by atoms with E-state index in [9.17, 15) is 23.9 Å². The molecule has 0 bridgehead atoms. The zero-order chi connectivity index (χ0) is 18.3. The molecule has 3 rings (SSSR count). The second-order valence-corrected chi connectivity index (χ2v) is 6.82. The largest absolute Gasteiger partial charge is 0.394 e. The van der Waals surface area contributed by atoms with Gasteiger partial charge in [0.25, 0.3) is 5.56 Å². The van der Waals surface area contributed by atoms with Crippen molar-refractivity contribution >= 4 is 5.78 Å². The van der Waals surface area contributed by atoms with Crippen LogP contribution in [0.25, 0.3) is 0 Å². The number of aliphatic hydroxyl groups is 2. The van der Waals surface area contributed by atoms with E-state index in [1.54, 1.807) is 0 Å². The molecule has 2 aliphatic rings. The molecule has 25 heavy (non-hydrogen) atoms. The lowest BCUT2D eigenvalue weighted by Gasteiger charge is -2.27. The SMILES string of the molecule is CC1CCC(=O)C(n2c(=O)c(F)cn([C@H]3C[C@H](O)[C@@H](CO)O3)c2=O)C1. The van der Waals surface area contributed by atoms with Gasteiger partial charge in [-0.15, -0.1) is 0 Å². The van der Waals surface area contributed by atoms with E-state index in [1.807, 2.05) is 6.92 Å². The molecule has 5 atom stereocenters. The number of hydrogen-bond donors (Lipinski definition) is 2. The van der Waals surface area contributed by atoms with Gasteiger partial charge >= 0.3 is 5.69 Å². The van der Waals surface area contributed by atoms with Crippen LogP contribution in [0.1, 0.15) is 44.9 Å². The number of ketones is 1. The third-order valence-electron chi connectivity index (χ3n) is 4.99. The Labute approximate surface area is 142 Å². The highest BCUT2D eigenvalue weighted by Gasteiger charge is 2.37. The molecule has 1 saturated heterocycles. The Morgan fingerprint density at radius 2 is 2.04 bits per heavy atom. The third kappa shape index (κ3) is 3.19. The fourth-order valence-electron chi connectivity index (χ4n) is 3.53. The van der Waals surface area contributed by atoms with Gasteiger partial charge in [0.05, 0.1) is 18.9 Å². The topological polar surface area (TPSA) is 111 Å². The molecule has 8 nitrogen and oxygen atoms in total. The monoisotopic (exact) mass is 356 g/mol. The maximum atomic E-state index is 14.2. The van der Waals surface area contributed by atoms with E-state index in [1.165, 1.54) is 0 Å². The summed E-state index contributed by atoms with van der Waals surface area (Å²) in [7, 11) is 0. The van der Waals surface area contributed by atoms with Crippen molar-refractivity contribution in [3.05, 3.63) is 32.9 Å². The minimum Gasteiger partial charge on any atom is -0.394 e. The van der Waals surface area contributed by atoms with Gasteiger partial charge in [0, 0.05) is 12.8 Å². The summed E-state index contributed by atoms with van der Waals surface area (Å²) >= 11 is 0. The van der Waals surface area contributed by atoms with Crippen molar-refractivity contribution < 1.29 is 24.1 Å². The molecule has 2 heterocycles. The lowest BCUT2D eigenvalue weighted by molar-refractivity contribution is -0.125. The van der Waals surface area contributed by atoms with Crippen molar-refractivity contribution in [3.8, 4) is 0 Å².